The molecule has 2 heteroatoms. The van der Waals surface area contributed by atoms with Gasteiger partial charge in [-0.05, 0) is 38.5 Å². The fourth-order valence-electron chi connectivity index (χ4n) is 1.47. The Hall–Kier alpha value is -1.46. The SMILES string of the molecule is CC#CCCNCc1ccc(OC(C)C)cc1. The van der Waals surface area contributed by atoms with Gasteiger partial charge in [0.05, 0.1) is 6.10 Å². The Bertz CT molecular complexity index is 370. The quantitative estimate of drug-likeness (QED) is 0.600. The topological polar surface area (TPSA) is 21.3 Å². The molecule has 17 heavy (non-hydrogen) atoms. The first-order valence-electron chi connectivity index (χ1n) is 6.08. The second kappa shape index (κ2) is 7.76. The summed E-state index contributed by atoms with van der Waals surface area (Å²) in [6.07, 6.45) is 1.14. The van der Waals surface area contributed by atoms with Gasteiger partial charge in [0.25, 0.3) is 0 Å². The maximum Gasteiger partial charge on any atom is 0.119 e. The van der Waals surface area contributed by atoms with Crippen LogP contribution in [0.3, 0.4) is 0 Å². The minimum Gasteiger partial charge on any atom is -0.491 e. The lowest BCUT2D eigenvalue weighted by molar-refractivity contribution is 0.242. The van der Waals surface area contributed by atoms with E-state index in [0.717, 1.165) is 25.3 Å². The molecule has 0 atom stereocenters. The maximum absolute atomic E-state index is 5.59. The monoisotopic (exact) mass is 231 g/mol. The van der Waals surface area contributed by atoms with Gasteiger partial charge in [-0.15, -0.1) is 11.8 Å². The van der Waals surface area contributed by atoms with Crippen molar-refractivity contribution in [3.8, 4) is 17.6 Å². The predicted molar refractivity (Wildman–Crippen MR) is 72.0 cm³/mol. The van der Waals surface area contributed by atoms with Gasteiger partial charge in [-0.1, -0.05) is 12.1 Å². The van der Waals surface area contributed by atoms with Crippen molar-refractivity contribution in [2.45, 2.75) is 39.8 Å². The molecule has 0 heterocycles. The van der Waals surface area contributed by atoms with Crippen LogP contribution >= 0.6 is 0 Å². The summed E-state index contributed by atoms with van der Waals surface area (Å²) in [6, 6.07) is 8.22. The third-order valence-corrected chi connectivity index (χ3v) is 2.23. The highest BCUT2D eigenvalue weighted by Gasteiger charge is 1.97. The molecule has 0 aliphatic rings. The molecule has 0 amide bonds. The summed E-state index contributed by atoms with van der Waals surface area (Å²) in [6.45, 7) is 7.75. The highest BCUT2D eigenvalue weighted by molar-refractivity contribution is 5.27. The second-order valence-electron chi connectivity index (χ2n) is 4.16. The summed E-state index contributed by atoms with van der Waals surface area (Å²) in [4.78, 5) is 0. The van der Waals surface area contributed by atoms with Crippen molar-refractivity contribution in [3.05, 3.63) is 29.8 Å². The Labute approximate surface area is 104 Å². The van der Waals surface area contributed by atoms with Crippen molar-refractivity contribution in [2.24, 2.45) is 0 Å². The van der Waals surface area contributed by atoms with E-state index in [2.05, 4.69) is 29.3 Å². The highest BCUT2D eigenvalue weighted by atomic mass is 16.5. The molecule has 0 aromatic heterocycles. The summed E-state index contributed by atoms with van der Waals surface area (Å²) in [5, 5.41) is 3.35. The number of hydrogen-bond acceptors (Lipinski definition) is 2. The van der Waals surface area contributed by atoms with Crippen molar-refractivity contribution < 1.29 is 4.74 Å². The van der Waals surface area contributed by atoms with Gasteiger partial charge in [-0.25, -0.2) is 0 Å². The minimum absolute atomic E-state index is 0.228. The number of benzene rings is 1. The van der Waals surface area contributed by atoms with Crippen LogP contribution in [-0.4, -0.2) is 12.6 Å². The fourth-order valence-corrected chi connectivity index (χ4v) is 1.47. The summed E-state index contributed by atoms with van der Waals surface area (Å²) >= 11 is 0. The van der Waals surface area contributed by atoms with Crippen LogP contribution in [0.25, 0.3) is 0 Å². The van der Waals surface area contributed by atoms with Crippen molar-refractivity contribution >= 4 is 0 Å². The first-order valence-corrected chi connectivity index (χ1v) is 6.08. The van der Waals surface area contributed by atoms with Gasteiger partial charge in [0.2, 0.25) is 0 Å². The van der Waals surface area contributed by atoms with Gasteiger partial charge in [0.15, 0.2) is 0 Å². The van der Waals surface area contributed by atoms with Crippen LogP contribution in [-0.2, 0) is 6.54 Å². The van der Waals surface area contributed by atoms with Crippen LogP contribution in [0, 0.1) is 11.8 Å². The predicted octanol–water partition coefficient (Wildman–Crippen LogP) is 2.98. The molecular formula is C15H21NO. The minimum atomic E-state index is 0.228. The molecule has 2 nitrogen and oxygen atoms in total. The summed E-state index contributed by atoms with van der Waals surface area (Å²) in [5.41, 5.74) is 1.27. The summed E-state index contributed by atoms with van der Waals surface area (Å²) < 4.78 is 5.59. The largest absolute Gasteiger partial charge is 0.491 e. The molecule has 1 aromatic rings. The van der Waals surface area contributed by atoms with Crippen LogP contribution in [0.2, 0.25) is 0 Å². The van der Waals surface area contributed by atoms with E-state index in [9.17, 15) is 0 Å². The molecule has 0 spiro atoms. The van der Waals surface area contributed by atoms with Crippen molar-refractivity contribution in [3.63, 3.8) is 0 Å². The van der Waals surface area contributed by atoms with E-state index in [1.54, 1.807) is 0 Å². The average molecular weight is 231 g/mol. The molecule has 1 aromatic carbocycles. The van der Waals surface area contributed by atoms with Crippen LogP contribution in [0.15, 0.2) is 24.3 Å². The fraction of sp³-hybridized carbons (Fsp3) is 0.467. The zero-order valence-electron chi connectivity index (χ0n) is 10.9. The Morgan fingerprint density at radius 2 is 1.94 bits per heavy atom. The zero-order valence-corrected chi connectivity index (χ0v) is 10.9. The molecule has 0 unspecified atom stereocenters. The highest BCUT2D eigenvalue weighted by Crippen LogP contribution is 2.13. The van der Waals surface area contributed by atoms with Crippen LogP contribution in [0.5, 0.6) is 5.75 Å². The molecule has 0 aliphatic carbocycles. The second-order valence-corrected chi connectivity index (χ2v) is 4.16. The maximum atomic E-state index is 5.59. The van der Waals surface area contributed by atoms with Gasteiger partial charge in [-0.2, -0.15) is 0 Å². The van der Waals surface area contributed by atoms with Crippen LogP contribution in [0.1, 0.15) is 32.8 Å². The summed E-state index contributed by atoms with van der Waals surface area (Å²) in [5.74, 6) is 6.85. The van der Waals surface area contributed by atoms with E-state index in [-0.39, 0.29) is 6.10 Å². The van der Waals surface area contributed by atoms with Gasteiger partial charge >= 0.3 is 0 Å². The standard InChI is InChI=1S/C15H21NO/c1-4-5-6-11-16-12-14-7-9-15(10-8-14)17-13(2)3/h7-10,13,16H,6,11-12H2,1-3H3. The van der Waals surface area contributed by atoms with E-state index in [0.29, 0.717) is 0 Å². The van der Waals surface area contributed by atoms with Gasteiger partial charge in [-0.3, -0.25) is 0 Å². The Kier molecular flexibility index (Phi) is 6.21. The van der Waals surface area contributed by atoms with Gasteiger partial charge < -0.3 is 10.1 Å². The lowest BCUT2D eigenvalue weighted by Crippen LogP contribution is -2.14. The van der Waals surface area contributed by atoms with Crippen molar-refractivity contribution in [1.29, 1.82) is 0 Å². The van der Waals surface area contributed by atoms with Crippen molar-refractivity contribution in [1.82, 2.24) is 5.32 Å². The average Bonchev–Trinajstić information content (AvgIpc) is 2.30. The third kappa shape index (κ3) is 5.99. The Morgan fingerprint density at radius 1 is 1.24 bits per heavy atom. The zero-order chi connectivity index (χ0) is 12.5. The molecule has 0 radical (unpaired) electrons. The number of rotatable bonds is 6. The number of ether oxygens (including phenoxy) is 1. The molecule has 0 bridgehead atoms. The molecule has 0 saturated carbocycles. The van der Waals surface area contributed by atoms with Crippen LogP contribution < -0.4 is 10.1 Å². The lowest BCUT2D eigenvalue weighted by Gasteiger charge is -2.10. The third-order valence-electron chi connectivity index (χ3n) is 2.23. The first-order chi connectivity index (χ1) is 8.22. The van der Waals surface area contributed by atoms with Crippen molar-refractivity contribution in [2.75, 3.05) is 6.54 Å². The van der Waals surface area contributed by atoms with E-state index >= 15 is 0 Å². The molecular weight excluding hydrogens is 210 g/mol. The van der Waals surface area contributed by atoms with Crippen LogP contribution in [0.4, 0.5) is 0 Å². The lowest BCUT2D eigenvalue weighted by atomic mass is 10.2. The molecule has 0 saturated heterocycles. The smallest absolute Gasteiger partial charge is 0.119 e. The Morgan fingerprint density at radius 3 is 2.53 bits per heavy atom. The molecule has 92 valence electrons. The molecule has 0 fully saturated rings. The van der Waals surface area contributed by atoms with Gasteiger partial charge in [0.1, 0.15) is 5.75 Å². The van der Waals surface area contributed by atoms with E-state index in [4.69, 9.17) is 4.74 Å². The normalized spacial score (nSPS) is 9.88. The number of hydrogen-bond donors (Lipinski definition) is 1. The van der Waals surface area contributed by atoms with Gasteiger partial charge in [0, 0.05) is 19.5 Å². The number of nitrogens with one attached hydrogen (secondary N) is 1. The van der Waals surface area contributed by atoms with E-state index in [1.807, 2.05) is 32.9 Å². The summed E-state index contributed by atoms with van der Waals surface area (Å²) in [7, 11) is 0. The van der Waals surface area contributed by atoms with E-state index in [1.165, 1.54) is 5.56 Å². The first kappa shape index (κ1) is 13.6. The Balaban J connectivity index is 2.31. The molecule has 0 aliphatic heterocycles. The van der Waals surface area contributed by atoms with E-state index < -0.39 is 0 Å². The molecule has 1 N–H and O–H groups in total. The molecule has 1 rings (SSSR count).